The lowest BCUT2D eigenvalue weighted by atomic mass is 10.1. The minimum atomic E-state index is -0.975. The zero-order chi connectivity index (χ0) is 46.9. The third kappa shape index (κ3) is 12.9. The van der Waals surface area contributed by atoms with Gasteiger partial charge >= 0.3 is 18.1 Å². The number of ether oxygens (including phenoxy) is 1. The van der Waals surface area contributed by atoms with Crippen molar-refractivity contribution in [2.75, 3.05) is 56.2 Å². The maximum atomic E-state index is 13.3. The lowest BCUT2D eigenvalue weighted by molar-refractivity contribution is -0.191. The van der Waals surface area contributed by atoms with Crippen molar-refractivity contribution in [3.63, 3.8) is 0 Å². The number of carbonyl (C=O) groups excluding carboxylic acids is 4. The summed E-state index contributed by atoms with van der Waals surface area (Å²) in [6.45, 7) is 9.46. The van der Waals surface area contributed by atoms with Crippen LogP contribution in [-0.4, -0.2) is 123 Å². The number of hydrogen-bond acceptors (Lipinski definition) is 19. The Balaban J connectivity index is 0.000000199. The van der Waals surface area contributed by atoms with Crippen LogP contribution in [0.1, 0.15) is 50.5 Å². The largest absolute Gasteiger partial charge is 0.478 e. The van der Waals surface area contributed by atoms with E-state index in [4.69, 9.17) is 39.0 Å². The predicted octanol–water partition coefficient (Wildman–Crippen LogP) is 3.73. The summed E-state index contributed by atoms with van der Waals surface area (Å²) in [7, 11) is 1.29. The molecule has 6 heterocycles. The third-order valence-corrected chi connectivity index (χ3v) is 9.68. The zero-order valence-electron chi connectivity index (χ0n) is 35.6. The van der Waals surface area contributed by atoms with Crippen molar-refractivity contribution in [2.45, 2.75) is 32.9 Å². The number of esters is 1. The standard InChI is InChI=1S/C22H20N6O4.C11H14N4.C10H8N2O3.CO2/c1-14-25-20(26-32-14)16-4-3-5-17(10-16)21(29)28-9-8-27(13-18(28)22(30)31-2)19-7-6-15(11-23)12-24-19;1-9-8-15(5-4-13-9)11-3-2-10(6-12)7-14-11;1-6-11-9(12-15-6)7-3-2-4-8(5-7)10(13)14;2-1-3/h3-7,10,12,18H,8-9,13H2,1-2H3;2-3,7,9,13H,4-5,8H2,1H3;2-5H,1H3,(H,13,14);. The SMILES string of the molecule is CC1CN(c2ccc(C#N)cn2)CCN1.COC(=O)C1CN(c2ccc(C#N)cn2)CCN1C(=O)c1cccc(-c2noc(C)n2)c1.Cc1nc(-c2cccc(C(=O)O)c2)no1.O=C=O. The normalized spacial score (nSPS) is 15.1. The van der Waals surface area contributed by atoms with E-state index in [9.17, 15) is 14.4 Å². The fraction of sp³-hybridized carbons (Fsp3) is 0.273. The molecule has 2 saturated heterocycles. The van der Waals surface area contributed by atoms with Crippen molar-refractivity contribution in [2.24, 2.45) is 0 Å². The molecule has 0 saturated carbocycles. The van der Waals surface area contributed by atoms with Crippen LogP contribution in [0, 0.1) is 36.5 Å². The number of piperazine rings is 2. The monoisotopic (exact) mass is 882 g/mol. The number of hydrogen-bond donors (Lipinski definition) is 2. The number of carboxylic acids is 1. The van der Waals surface area contributed by atoms with Crippen molar-refractivity contribution >= 4 is 35.6 Å². The van der Waals surface area contributed by atoms with Crippen molar-refractivity contribution < 1.29 is 42.9 Å². The summed E-state index contributed by atoms with van der Waals surface area (Å²) in [5.41, 5.74) is 2.94. The van der Waals surface area contributed by atoms with Crippen LogP contribution >= 0.6 is 0 Å². The van der Waals surface area contributed by atoms with Crippen molar-refractivity contribution in [1.29, 1.82) is 10.5 Å². The van der Waals surface area contributed by atoms with E-state index in [1.807, 2.05) is 23.1 Å². The summed E-state index contributed by atoms with van der Waals surface area (Å²) in [6, 6.07) is 24.2. The molecule has 2 fully saturated rings. The predicted molar refractivity (Wildman–Crippen MR) is 228 cm³/mol. The van der Waals surface area contributed by atoms with Crippen LogP contribution in [0.4, 0.5) is 11.6 Å². The lowest BCUT2D eigenvalue weighted by Crippen LogP contribution is -2.58. The Morgan fingerprint density at radius 3 is 1.74 bits per heavy atom. The number of aryl methyl sites for hydroxylation is 2. The molecule has 0 aliphatic carbocycles. The van der Waals surface area contributed by atoms with Crippen LogP contribution < -0.4 is 15.1 Å². The molecule has 21 nitrogen and oxygen atoms in total. The van der Waals surface area contributed by atoms with Crippen molar-refractivity contribution in [1.82, 2.24) is 40.5 Å². The molecule has 0 bridgehead atoms. The third-order valence-electron chi connectivity index (χ3n) is 9.68. The molecule has 2 N–H and O–H groups in total. The van der Waals surface area contributed by atoms with Crippen LogP contribution in [0.3, 0.4) is 0 Å². The molecule has 0 spiro atoms. The number of methoxy groups -OCH3 is 1. The molecule has 65 heavy (non-hydrogen) atoms. The van der Waals surface area contributed by atoms with E-state index in [-0.39, 0.29) is 24.2 Å². The van der Waals surface area contributed by atoms with Gasteiger partial charge < -0.3 is 38.9 Å². The Bertz CT molecular complexity index is 2680. The molecule has 4 aromatic heterocycles. The summed E-state index contributed by atoms with van der Waals surface area (Å²) < 4.78 is 14.8. The molecule has 2 atom stereocenters. The summed E-state index contributed by atoms with van der Waals surface area (Å²) in [5, 5.41) is 37.4. The molecule has 1 amide bonds. The molecular formula is C44H42N12O9. The summed E-state index contributed by atoms with van der Waals surface area (Å²) in [4.78, 5) is 75.3. The van der Waals surface area contributed by atoms with Crippen molar-refractivity contribution in [3.05, 3.63) is 119 Å². The van der Waals surface area contributed by atoms with Gasteiger partial charge in [-0.1, -0.05) is 34.6 Å². The average molecular weight is 883 g/mol. The minimum absolute atomic E-state index is 0.204. The van der Waals surface area contributed by atoms with Gasteiger partial charge in [-0.2, -0.15) is 30.1 Å². The highest BCUT2D eigenvalue weighted by molar-refractivity contribution is 5.98. The van der Waals surface area contributed by atoms with Gasteiger partial charge in [-0.15, -0.1) is 0 Å². The van der Waals surface area contributed by atoms with E-state index in [2.05, 4.69) is 53.5 Å². The van der Waals surface area contributed by atoms with Crippen molar-refractivity contribution in [3.8, 4) is 34.9 Å². The summed E-state index contributed by atoms with van der Waals surface area (Å²) >= 11 is 0. The second kappa shape index (κ2) is 23.0. The Morgan fingerprint density at radius 2 is 1.29 bits per heavy atom. The molecule has 8 rings (SSSR count). The first-order valence-corrected chi connectivity index (χ1v) is 19.8. The van der Waals surface area contributed by atoms with Crippen LogP contribution in [0.15, 0.2) is 94.2 Å². The fourth-order valence-corrected chi connectivity index (χ4v) is 6.57. The van der Waals surface area contributed by atoms with Crippen LogP contribution in [0.5, 0.6) is 0 Å². The molecule has 2 unspecified atom stereocenters. The highest BCUT2D eigenvalue weighted by Gasteiger charge is 2.37. The minimum Gasteiger partial charge on any atom is -0.478 e. The first kappa shape index (κ1) is 47.4. The Kier molecular flexibility index (Phi) is 16.8. The zero-order valence-corrected chi connectivity index (χ0v) is 35.6. The molecule has 2 aliphatic rings. The molecular weight excluding hydrogens is 841 g/mol. The van der Waals surface area contributed by atoms with E-state index in [1.165, 1.54) is 30.3 Å². The molecule has 332 valence electrons. The Hall–Kier alpha value is -8.65. The lowest BCUT2D eigenvalue weighted by Gasteiger charge is -2.40. The second-order valence-corrected chi connectivity index (χ2v) is 14.1. The first-order chi connectivity index (χ1) is 31.4. The van der Waals surface area contributed by atoms with Gasteiger partial charge in [0.2, 0.25) is 23.4 Å². The Morgan fingerprint density at radius 1 is 0.769 bits per heavy atom. The number of nitrogens with one attached hydrogen (secondary N) is 1. The maximum absolute atomic E-state index is 13.3. The Labute approximate surface area is 371 Å². The van der Waals surface area contributed by atoms with Crippen LogP contribution in [-0.2, 0) is 19.1 Å². The quantitative estimate of drug-likeness (QED) is 0.216. The number of aromatic nitrogens is 6. The number of aromatic carboxylic acids is 1. The smallest absolute Gasteiger partial charge is 0.373 e. The maximum Gasteiger partial charge on any atom is 0.373 e. The van der Waals surface area contributed by atoms with Gasteiger partial charge in [0.1, 0.15) is 29.8 Å². The van der Waals surface area contributed by atoms with E-state index in [1.54, 1.807) is 68.6 Å². The van der Waals surface area contributed by atoms with Gasteiger partial charge in [0.05, 0.1) is 30.3 Å². The van der Waals surface area contributed by atoms with Gasteiger partial charge in [-0.25, -0.2) is 19.6 Å². The number of pyridine rings is 2. The number of benzene rings is 2. The van der Waals surface area contributed by atoms with E-state index in [0.29, 0.717) is 76.2 Å². The van der Waals surface area contributed by atoms with Crippen LogP contribution in [0.25, 0.3) is 22.8 Å². The van der Waals surface area contributed by atoms with Gasteiger partial charge in [-0.05, 0) is 55.5 Å². The number of amides is 1. The highest BCUT2D eigenvalue weighted by atomic mass is 16.5. The molecule has 0 radical (unpaired) electrons. The molecule has 6 aromatic rings. The van der Waals surface area contributed by atoms with E-state index < -0.39 is 18.0 Å². The highest BCUT2D eigenvalue weighted by Crippen LogP contribution is 2.23. The van der Waals surface area contributed by atoms with Crippen LogP contribution in [0.2, 0.25) is 0 Å². The van der Waals surface area contributed by atoms with E-state index in [0.717, 1.165) is 25.5 Å². The number of anilines is 2. The molecule has 21 heteroatoms. The van der Waals surface area contributed by atoms with Gasteiger partial charge in [0.25, 0.3) is 5.91 Å². The topological polar surface area (TPSA) is 288 Å². The second-order valence-electron chi connectivity index (χ2n) is 14.1. The number of nitrogens with zero attached hydrogens (tertiary/aromatic N) is 11. The summed E-state index contributed by atoms with van der Waals surface area (Å²) in [5.74, 6) is 1.46. The summed E-state index contributed by atoms with van der Waals surface area (Å²) in [6.07, 6.45) is 3.35. The van der Waals surface area contributed by atoms with Gasteiger partial charge in [0.15, 0.2) is 0 Å². The fourth-order valence-electron chi connectivity index (χ4n) is 6.57. The first-order valence-electron chi connectivity index (χ1n) is 19.8. The van der Waals surface area contributed by atoms with Gasteiger partial charge in [-0.3, -0.25) is 4.79 Å². The van der Waals surface area contributed by atoms with Gasteiger partial charge in [0, 0.05) is 81.7 Å². The number of rotatable bonds is 7. The van der Waals surface area contributed by atoms with E-state index >= 15 is 0 Å². The average Bonchev–Trinajstić information content (AvgIpc) is 3.99. The number of carbonyl (C=O) groups is 3. The molecule has 2 aliphatic heterocycles. The number of nitriles is 2. The molecule has 2 aromatic carbocycles. The number of carboxylic acid groups (broad SMARTS) is 1.